The fraction of sp³-hybridized carbons (Fsp3) is 0.364. The van der Waals surface area contributed by atoms with Gasteiger partial charge < -0.3 is 10.2 Å². The summed E-state index contributed by atoms with van der Waals surface area (Å²) in [4.78, 5) is 10.9. The van der Waals surface area contributed by atoms with Crippen molar-refractivity contribution in [3.05, 3.63) is 28.5 Å². The second kappa shape index (κ2) is 4.29. The number of rotatable bonds is 3. The Balaban J connectivity index is 3.08. The van der Waals surface area contributed by atoms with Crippen molar-refractivity contribution in [1.82, 2.24) is 0 Å². The van der Waals surface area contributed by atoms with E-state index in [4.69, 9.17) is 21.8 Å². The summed E-state index contributed by atoms with van der Waals surface area (Å²) in [5.74, 6) is -2.14. The van der Waals surface area contributed by atoms with Crippen molar-refractivity contribution < 1.29 is 19.4 Å². The Labute approximate surface area is 97.5 Å². The lowest BCUT2D eigenvalue weighted by molar-refractivity contribution is -0.146. The van der Waals surface area contributed by atoms with E-state index in [-0.39, 0.29) is 22.8 Å². The molecule has 0 heterocycles. The van der Waals surface area contributed by atoms with Gasteiger partial charge in [0.05, 0.1) is 5.41 Å². The second-order valence-electron chi connectivity index (χ2n) is 4.24. The first-order valence-electron chi connectivity index (χ1n) is 4.65. The van der Waals surface area contributed by atoms with E-state index < -0.39 is 17.2 Å². The normalized spacial score (nSPS) is 11.5. The number of aromatic hydroxyl groups is 1. The van der Waals surface area contributed by atoms with Gasteiger partial charge in [-0.1, -0.05) is 17.7 Å². The van der Waals surface area contributed by atoms with Gasteiger partial charge in [0.2, 0.25) is 0 Å². The summed E-state index contributed by atoms with van der Waals surface area (Å²) in [6.45, 7) is 2.99. The average Bonchev–Trinajstić information content (AvgIpc) is 2.19. The SMILES string of the molecule is CC(C)(Cc1ccc(O)c(Cl)c1F)C(=O)O. The highest BCUT2D eigenvalue weighted by Crippen LogP contribution is 2.31. The Morgan fingerprint density at radius 2 is 2.06 bits per heavy atom. The molecule has 2 N–H and O–H groups in total. The van der Waals surface area contributed by atoms with Crippen LogP contribution in [0.4, 0.5) is 4.39 Å². The molecule has 1 aromatic carbocycles. The minimum atomic E-state index is -1.08. The smallest absolute Gasteiger partial charge is 0.309 e. The first-order valence-corrected chi connectivity index (χ1v) is 5.03. The Hall–Kier alpha value is -1.29. The summed E-state index contributed by atoms with van der Waals surface area (Å²) >= 11 is 5.52. The molecule has 0 radical (unpaired) electrons. The van der Waals surface area contributed by atoms with Crippen LogP contribution in [0.15, 0.2) is 12.1 Å². The van der Waals surface area contributed by atoms with E-state index >= 15 is 0 Å². The third kappa shape index (κ3) is 2.44. The quantitative estimate of drug-likeness (QED) is 0.862. The highest BCUT2D eigenvalue weighted by molar-refractivity contribution is 6.32. The molecule has 0 aliphatic heterocycles. The molecule has 88 valence electrons. The minimum absolute atomic E-state index is 0.00810. The van der Waals surface area contributed by atoms with Crippen molar-refractivity contribution in [2.75, 3.05) is 0 Å². The topological polar surface area (TPSA) is 57.5 Å². The summed E-state index contributed by atoms with van der Waals surface area (Å²) in [5.41, 5.74) is -0.906. The molecular weight excluding hydrogens is 235 g/mol. The molecule has 1 rings (SSSR count). The highest BCUT2D eigenvalue weighted by atomic mass is 35.5. The van der Waals surface area contributed by atoms with Gasteiger partial charge in [-0.2, -0.15) is 0 Å². The molecule has 0 fully saturated rings. The molecule has 0 bridgehead atoms. The lowest BCUT2D eigenvalue weighted by Gasteiger charge is -2.19. The van der Waals surface area contributed by atoms with Gasteiger partial charge in [0.1, 0.15) is 16.6 Å². The number of phenols is 1. The Morgan fingerprint density at radius 1 is 1.50 bits per heavy atom. The van der Waals surface area contributed by atoms with Crippen LogP contribution >= 0.6 is 11.6 Å². The van der Waals surface area contributed by atoms with Crippen molar-refractivity contribution in [2.45, 2.75) is 20.3 Å². The molecule has 0 aliphatic rings. The lowest BCUT2D eigenvalue weighted by Crippen LogP contribution is -2.26. The van der Waals surface area contributed by atoms with Gasteiger partial charge in [-0.3, -0.25) is 4.79 Å². The fourth-order valence-electron chi connectivity index (χ4n) is 1.27. The van der Waals surface area contributed by atoms with E-state index in [0.717, 1.165) is 0 Å². The molecule has 0 saturated carbocycles. The summed E-state index contributed by atoms with van der Waals surface area (Å²) in [5, 5.41) is 17.7. The van der Waals surface area contributed by atoms with Crippen LogP contribution in [0.25, 0.3) is 0 Å². The molecule has 5 heteroatoms. The van der Waals surface area contributed by atoms with Crippen molar-refractivity contribution in [3.8, 4) is 5.75 Å². The molecule has 0 spiro atoms. The molecule has 0 amide bonds. The van der Waals surface area contributed by atoms with Crippen molar-refractivity contribution in [3.63, 3.8) is 0 Å². The van der Waals surface area contributed by atoms with Gasteiger partial charge in [0.25, 0.3) is 0 Å². The molecule has 1 aromatic rings. The van der Waals surface area contributed by atoms with Crippen LogP contribution in [-0.2, 0) is 11.2 Å². The molecule has 3 nitrogen and oxygen atoms in total. The Kier molecular flexibility index (Phi) is 3.43. The van der Waals surface area contributed by atoms with Crippen LogP contribution in [0.5, 0.6) is 5.75 Å². The number of benzene rings is 1. The van der Waals surface area contributed by atoms with E-state index in [0.29, 0.717) is 0 Å². The third-order valence-corrected chi connectivity index (χ3v) is 2.71. The van der Waals surface area contributed by atoms with Crippen molar-refractivity contribution >= 4 is 17.6 Å². The summed E-state index contributed by atoms with van der Waals surface area (Å²) < 4.78 is 13.6. The van der Waals surface area contributed by atoms with Crippen LogP contribution < -0.4 is 0 Å². The van der Waals surface area contributed by atoms with Gasteiger partial charge in [0, 0.05) is 0 Å². The summed E-state index contributed by atoms with van der Waals surface area (Å²) in [6.07, 6.45) is 0.00810. The van der Waals surface area contributed by atoms with Gasteiger partial charge >= 0.3 is 5.97 Å². The van der Waals surface area contributed by atoms with Crippen LogP contribution in [-0.4, -0.2) is 16.2 Å². The zero-order valence-electron chi connectivity index (χ0n) is 8.92. The molecule has 0 aliphatic carbocycles. The highest BCUT2D eigenvalue weighted by Gasteiger charge is 2.29. The first-order chi connectivity index (χ1) is 7.25. The number of aliphatic carboxylic acids is 1. The maximum atomic E-state index is 13.6. The number of phenolic OH excluding ortho intramolecular Hbond substituents is 1. The largest absolute Gasteiger partial charge is 0.506 e. The van der Waals surface area contributed by atoms with Gasteiger partial charge in [0.15, 0.2) is 0 Å². The number of carbonyl (C=O) groups is 1. The molecular formula is C11H12ClFO3. The Morgan fingerprint density at radius 3 is 2.56 bits per heavy atom. The predicted octanol–water partition coefficient (Wildman–Crippen LogP) is 2.84. The van der Waals surface area contributed by atoms with Crippen LogP contribution in [0, 0.1) is 11.2 Å². The van der Waals surface area contributed by atoms with E-state index in [2.05, 4.69) is 0 Å². The average molecular weight is 247 g/mol. The fourth-order valence-corrected chi connectivity index (χ4v) is 1.45. The number of hydrogen-bond acceptors (Lipinski definition) is 2. The third-order valence-electron chi connectivity index (χ3n) is 2.35. The van der Waals surface area contributed by atoms with Crippen LogP contribution in [0.1, 0.15) is 19.4 Å². The maximum Gasteiger partial charge on any atom is 0.309 e. The Bertz CT molecular complexity index is 429. The molecule has 16 heavy (non-hydrogen) atoms. The number of halogens is 2. The van der Waals surface area contributed by atoms with Crippen LogP contribution in [0.2, 0.25) is 5.02 Å². The predicted molar refractivity (Wildman–Crippen MR) is 58.2 cm³/mol. The van der Waals surface area contributed by atoms with E-state index in [1.54, 1.807) is 0 Å². The van der Waals surface area contributed by atoms with Gasteiger partial charge in [-0.25, -0.2) is 4.39 Å². The van der Waals surface area contributed by atoms with Crippen molar-refractivity contribution in [1.29, 1.82) is 0 Å². The number of carboxylic acids is 1. The summed E-state index contributed by atoms with van der Waals surface area (Å²) in [6, 6.07) is 2.58. The van der Waals surface area contributed by atoms with Crippen LogP contribution in [0.3, 0.4) is 0 Å². The number of carboxylic acid groups (broad SMARTS) is 1. The van der Waals surface area contributed by atoms with Crippen molar-refractivity contribution in [2.24, 2.45) is 5.41 Å². The second-order valence-corrected chi connectivity index (χ2v) is 4.62. The lowest BCUT2D eigenvalue weighted by atomic mass is 9.86. The minimum Gasteiger partial charge on any atom is -0.506 e. The summed E-state index contributed by atoms with van der Waals surface area (Å²) in [7, 11) is 0. The standard InChI is InChI=1S/C11H12ClFO3/c1-11(2,10(15)16)5-6-3-4-7(14)8(12)9(6)13/h3-4,14H,5H2,1-2H3,(H,15,16). The maximum absolute atomic E-state index is 13.6. The first kappa shape index (κ1) is 12.8. The zero-order valence-corrected chi connectivity index (χ0v) is 9.68. The van der Waals surface area contributed by atoms with E-state index in [1.165, 1.54) is 26.0 Å². The number of hydrogen-bond donors (Lipinski definition) is 2. The van der Waals surface area contributed by atoms with E-state index in [1.807, 2.05) is 0 Å². The van der Waals surface area contributed by atoms with Gasteiger partial charge in [-0.15, -0.1) is 0 Å². The zero-order chi connectivity index (χ0) is 12.5. The molecule has 0 atom stereocenters. The van der Waals surface area contributed by atoms with E-state index in [9.17, 15) is 9.18 Å². The molecule has 0 unspecified atom stereocenters. The molecule has 0 aromatic heterocycles. The van der Waals surface area contributed by atoms with Gasteiger partial charge in [-0.05, 0) is 31.9 Å². The molecule has 0 saturated heterocycles. The monoisotopic (exact) mass is 246 g/mol.